The topological polar surface area (TPSA) is 63.3 Å². The Morgan fingerprint density at radius 3 is 2.63 bits per heavy atom. The van der Waals surface area contributed by atoms with Crippen molar-refractivity contribution in [3.8, 4) is 0 Å². The first-order valence-corrected chi connectivity index (χ1v) is 5.75. The van der Waals surface area contributed by atoms with Crippen LogP contribution in [-0.4, -0.2) is 58.8 Å². The number of aromatic nitrogens is 3. The van der Waals surface area contributed by atoms with E-state index in [1.165, 1.54) is 0 Å². The summed E-state index contributed by atoms with van der Waals surface area (Å²) in [4.78, 5) is 20.3. The minimum Gasteiger partial charge on any atom is -0.275 e. The summed E-state index contributed by atoms with van der Waals surface area (Å²) < 4.78 is 1.74. The zero-order valence-corrected chi connectivity index (χ0v) is 11.4. The van der Waals surface area contributed by atoms with Gasteiger partial charge in [-0.3, -0.25) is 9.63 Å². The number of hydrogen-bond acceptors (Lipinski definition) is 4. The highest BCUT2D eigenvalue weighted by atomic mass is 16.7. The molecule has 0 radical (unpaired) electrons. The Morgan fingerprint density at radius 2 is 2.00 bits per heavy atom. The van der Waals surface area contributed by atoms with Crippen molar-refractivity contribution in [3.05, 3.63) is 34.6 Å². The van der Waals surface area contributed by atoms with E-state index in [9.17, 15) is 4.79 Å². The van der Waals surface area contributed by atoms with Crippen LogP contribution in [0.5, 0.6) is 0 Å². The minimum atomic E-state index is -0.341. The van der Waals surface area contributed by atoms with Crippen LogP contribution in [0.4, 0.5) is 0 Å². The number of fused-ring (bicyclic) bond motifs is 1. The van der Waals surface area contributed by atoms with Crippen molar-refractivity contribution in [3.63, 3.8) is 0 Å². The molecule has 0 saturated carbocycles. The summed E-state index contributed by atoms with van der Waals surface area (Å²) in [5.74, 6) is 0. The summed E-state index contributed by atoms with van der Waals surface area (Å²) in [6, 6.07) is 7.48. The van der Waals surface area contributed by atoms with Crippen molar-refractivity contribution in [2.24, 2.45) is 0 Å². The van der Waals surface area contributed by atoms with Gasteiger partial charge in [0.1, 0.15) is 5.52 Å². The van der Waals surface area contributed by atoms with Crippen LogP contribution >= 0.6 is 0 Å². The van der Waals surface area contributed by atoms with E-state index in [1.807, 2.05) is 28.2 Å². The fourth-order valence-electron chi connectivity index (χ4n) is 1.67. The molecule has 0 N–H and O–H groups in total. The average Bonchev–Trinajstić information content (AvgIpc) is 2.37. The quantitative estimate of drug-likeness (QED) is 0.390. The highest BCUT2D eigenvalue weighted by molar-refractivity contribution is 5.76. The molecular formula is C12H16N5O2+. The summed E-state index contributed by atoms with van der Waals surface area (Å²) in [7, 11) is 7.26. The molecule has 0 unspecified atom stereocenters. The number of benzene rings is 1. The van der Waals surface area contributed by atoms with E-state index < -0.39 is 0 Å². The number of nitrogens with zero attached hydrogens (tertiary/aromatic N) is 5. The van der Waals surface area contributed by atoms with Gasteiger partial charge in [0.25, 0.3) is 0 Å². The van der Waals surface area contributed by atoms with Gasteiger partial charge in [0, 0.05) is 0 Å². The van der Waals surface area contributed by atoms with Crippen LogP contribution in [0, 0.1) is 0 Å². The Kier molecular flexibility index (Phi) is 3.46. The predicted molar refractivity (Wildman–Crippen MR) is 71.2 cm³/mol. The first-order chi connectivity index (χ1) is 9.00. The van der Waals surface area contributed by atoms with Crippen molar-refractivity contribution < 1.29 is 9.41 Å². The Balaban J connectivity index is 2.50. The van der Waals surface area contributed by atoms with Crippen molar-refractivity contribution in [1.82, 2.24) is 20.1 Å². The van der Waals surface area contributed by atoms with Crippen LogP contribution < -0.4 is 10.4 Å². The van der Waals surface area contributed by atoms with Gasteiger partial charge in [-0.1, -0.05) is 12.1 Å². The van der Waals surface area contributed by atoms with Crippen LogP contribution in [0.1, 0.15) is 0 Å². The van der Waals surface area contributed by atoms with Gasteiger partial charge in [0.05, 0.1) is 33.6 Å². The van der Waals surface area contributed by atoms with Gasteiger partial charge in [-0.25, -0.2) is 9.48 Å². The molecular weight excluding hydrogens is 246 g/mol. The van der Waals surface area contributed by atoms with Gasteiger partial charge in [-0.05, 0) is 22.2 Å². The van der Waals surface area contributed by atoms with Crippen molar-refractivity contribution >= 4 is 16.9 Å². The lowest BCUT2D eigenvalue weighted by Crippen LogP contribution is -2.43. The van der Waals surface area contributed by atoms with Gasteiger partial charge in [-0.2, -0.15) is 0 Å². The monoisotopic (exact) mass is 262 g/mol. The summed E-state index contributed by atoms with van der Waals surface area (Å²) in [6.07, 6.45) is 0. The fraction of sp³-hybridized carbons (Fsp3) is 0.333. The first-order valence-electron chi connectivity index (χ1n) is 5.75. The summed E-state index contributed by atoms with van der Waals surface area (Å²) in [5, 5.41) is 8.19. The Labute approximate surface area is 110 Å². The highest BCUT2D eigenvalue weighted by Gasteiger charge is 2.17. The van der Waals surface area contributed by atoms with Crippen molar-refractivity contribution in [2.45, 2.75) is 0 Å². The molecule has 1 aromatic heterocycles. The molecule has 1 heterocycles. The third kappa shape index (κ3) is 2.54. The Morgan fingerprint density at radius 1 is 1.32 bits per heavy atom. The van der Waals surface area contributed by atoms with E-state index in [0.29, 0.717) is 16.9 Å². The molecule has 2 rings (SSSR count). The molecule has 19 heavy (non-hydrogen) atoms. The fourth-order valence-corrected chi connectivity index (χ4v) is 1.67. The van der Waals surface area contributed by atoms with Crippen LogP contribution in [0.15, 0.2) is 29.1 Å². The molecule has 0 saturated heterocycles. The van der Waals surface area contributed by atoms with Crippen LogP contribution in [-0.2, 0) is 0 Å². The lowest BCUT2D eigenvalue weighted by atomic mass is 10.2. The Bertz CT molecular complexity index is 686. The minimum absolute atomic E-state index is 0.341. The second-order valence-corrected chi connectivity index (χ2v) is 4.45. The average molecular weight is 262 g/mol. The lowest BCUT2D eigenvalue weighted by Gasteiger charge is -2.10. The molecule has 0 fully saturated rings. The molecule has 7 heteroatoms. The number of rotatable bonds is 1. The van der Waals surface area contributed by atoms with E-state index in [-0.39, 0.29) is 5.56 Å². The SMILES string of the molecule is CN(C)C(On1nnc2ccccc2c1=O)=[N+](C)C. The lowest BCUT2D eigenvalue weighted by molar-refractivity contribution is -0.480. The first kappa shape index (κ1) is 13.0. The van der Waals surface area contributed by atoms with E-state index in [4.69, 9.17) is 4.84 Å². The van der Waals surface area contributed by atoms with E-state index in [1.54, 1.807) is 33.7 Å². The van der Waals surface area contributed by atoms with Crippen LogP contribution in [0.3, 0.4) is 0 Å². The molecule has 0 amide bonds. The summed E-state index contributed by atoms with van der Waals surface area (Å²) in [5.41, 5.74) is 0.204. The summed E-state index contributed by atoms with van der Waals surface area (Å²) in [6.45, 7) is 0. The van der Waals surface area contributed by atoms with Crippen LogP contribution in [0.25, 0.3) is 10.9 Å². The van der Waals surface area contributed by atoms with E-state index >= 15 is 0 Å². The molecule has 0 aliphatic rings. The number of hydrogen-bond donors (Lipinski definition) is 0. The molecule has 2 aromatic rings. The van der Waals surface area contributed by atoms with Gasteiger partial charge in [0.15, 0.2) is 0 Å². The zero-order valence-electron chi connectivity index (χ0n) is 11.4. The standard InChI is InChI=1S/C12H16N5O2/c1-15(2)12(16(3)4)19-17-11(18)9-7-5-6-8-10(9)13-14-17/h5-8H,1-4H3/q+1. The molecule has 7 nitrogen and oxygen atoms in total. The highest BCUT2D eigenvalue weighted by Crippen LogP contribution is 2.02. The largest absolute Gasteiger partial charge is 0.472 e. The van der Waals surface area contributed by atoms with Crippen LogP contribution in [0.2, 0.25) is 0 Å². The normalized spacial score (nSPS) is 10.3. The third-order valence-electron chi connectivity index (χ3n) is 2.48. The third-order valence-corrected chi connectivity index (χ3v) is 2.48. The second-order valence-electron chi connectivity index (χ2n) is 4.45. The van der Waals surface area contributed by atoms with E-state index in [2.05, 4.69) is 10.3 Å². The van der Waals surface area contributed by atoms with Crippen molar-refractivity contribution in [2.75, 3.05) is 28.2 Å². The zero-order chi connectivity index (χ0) is 14.0. The molecule has 100 valence electrons. The Hall–Kier alpha value is -2.44. The maximum atomic E-state index is 12.2. The number of amidine groups is 1. The maximum absolute atomic E-state index is 12.2. The van der Waals surface area contributed by atoms with Gasteiger partial charge >= 0.3 is 11.6 Å². The van der Waals surface area contributed by atoms with Gasteiger partial charge in [0.2, 0.25) is 0 Å². The molecule has 0 aliphatic heterocycles. The molecule has 1 aromatic carbocycles. The second kappa shape index (κ2) is 5.05. The smallest absolute Gasteiger partial charge is 0.275 e. The van der Waals surface area contributed by atoms with Gasteiger partial charge in [-0.15, -0.1) is 5.10 Å². The molecule has 0 bridgehead atoms. The molecule has 0 aliphatic carbocycles. The molecule has 0 atom stereocenters. The maximum Gasteiger partial charge on any atom is 0.472 e. The predicted octanol–water partition coefficient (Wildman–Crippen LogP) is -0.590. The van der Waals surface area contributed by atoms with Crippen molar-refractivity contribution in [1.29, 1.82) is 0 Å². The van der Waals surface area contributed by atoms with E-state index in [0.717, 1.165) is 4.85 Å². The summed E-state index contributed by atoms with van der Waals surface area (Å²) >= 11 is 0. The molecule has 0 spiro atoms. The van der Waals surface area contributed by atoms with Gasteiger partial charge < -0.3 is 0 Å².